The molecule has 0 saturated carbocycles. The third-order valence-electron chi connectivity index (χ3n) is 3.02. The predicted octanol–water partition coefficient (Wildman–Crippen LogP) is 2.11. The highest BCUT2D eigenvalue weighted by atomic mass is 19.1. The lowest BCUT2D eigenvalue weighted by atomic mass is 9.95. The number of benzene rings is 1. The average molecular weight is 301 g/mol. The van der Waals surface area contributed by atoms with Gasteiger partial charge in [0, 0.05) is 18.2 Å². The molecule has 0 aromatic heterocycles. The van der Waals surface area contributed by atoms with Crippen molar-refractivity contribution in [2.45, 2.75) is 32.3 Å². The van der Waals surface area contributed by atoms with Crippen LogP contribution in [0, 0.1) is 11.6 Å². The minimum atomic E-state index is -1.63. The number of nitrogens with one attached hydrogen (secondary N) is 1. The van der Waals surface area contributed by atoms with Crippen molar-refractivity contribution in [2.75, 3.05) is 19.8 Å². The third-order valence-corrected chi connectivity index (χ3v) is 3.02. The molecular formula is C15H21F2NO3. The van der Waals surface area contributed by atoms with Crippen molar-refractivity contribution in [2.24, 2.45) is 0 Å². The summed E-state index contributed by atoms with van der Waals surface area (Å²) in [4.78, 5) is 11.5. The first-order valence-electron chi connectivity index (χ1n) is 6.89. The van der Waals surface area contributed by atoms with E-state index in [0.717, 1.165) is 25.0 Å². The summed E-state index contributed by atoms with van der Waals surface area (Å²) in [6.45, 7) is 3.56. The molecule has 1 aromatic rings. The van der Waals surface area contributed by atoms with Gasteiger partial charge in [-0.25, -0.2) is 8.78 Å². The van der Waals surface area contributed by atoms with Crippen LogP contribution in [0.3, 0.4) is 0 Å². The standard InChI is InChI=1S/C15H21F2NO3/c1-3-4-7-21-9-14(19)18-10-15(2,20)12-6-5-11(16)8-13(12)17/h5-6,8,20H,3-4,7,9-10H2,1-2H3,(H,18,19). The Morgan fingerprint density at radius 1 is 1.43 bits per heavy atom. The number of halogens is 2. The molecule has 0 saturated heterocycles. The lowest BCUT2D eigenvalue weighted by molar-refractivity contribution is -0.127. The van der Waals surface area contributed by atoms with Gasteiger partial charge in [-0.2, -0.15) is 0 Å². The lowest BCUT2D eigenvalue weighted by Crippen LogP contribution is -2.40. The van der Waals surface area contributed by atoms with Crippen LogP contribution in [0.25, 0.3) is 0 Å². The Bertz CT molecular complexity index is 478. The quantitative estimate of drug-likeness (QED) is 0.723. The molecule has 21 heavy (non-hydrogen) atoms. The molecular weight excluding hydrogens is 280 g/mol. The first-order valence-corrected chi connectivity index (χ1v) is 6.89. The van der Waals surface area contributed by atoms with Crippen LogP contribution in [-0.2, 0) is 15.1 Å². The third kappa shape index (κ3) is 5.77. The zero-order valence-corrected chi connectivity index (χ0v) is 12.3. The molecule has 0 radical (unpaired) electrons. The van der Waals surface area contributed by atoms with Gasteiger partial charge < -0.3 is 15.2 Å². The molecule has 1 rings (SSSR count). The number of hydrogen-bond donors (Lipinski definition) is 2. The van der Waals surface area contributed by atoms with Gasteiger partial charge in [0.05, 0.1) is 6.54 Å². The van der Waals surface area contributed by atoms with E-state index < -0.39 is 23.1 Å². The molecule has 1 unspecified atom stereocenters. The second kappa shape index (κ2) is 8.05. The van der Waals surface area contributed by atoms with Crippen LogP contribution >= 0.6 is 0 Å². The van der Waals surface area contributed by atoms with Crippen LogP contribution in [0.4, 0.5) is 8.78 Å². The fraction of sp³-hybridized carbons (Fsp3) is 0.533. The first kappa shape index (κ1) is 17.5. The zero-order valence-electron chi connectivity index (χ0n) is 12.3. The van der Waals surface area contributed by atoms with Crippen molar-refractivity contribution in [1.82, 2.24) is 5.32 Å². The van der Waals surface area contributed by atoms with Crippen molar-refractivity contribution < 1.29 is 23.4 Å². The number of amides is 1. The number of unbranched alkanes of at least 4 members (excludes halogenated alkanes) is 1. The highest BCUT2D eigenvalue weighted by Crippen LogP contribution is 2.23. The van der Waals surface area contributed by atoms with E-state index in [1.54, 1.807) is 0 Å². The molecule has 4 nitrogen and oxygen atoms in total. The SMILES string of the molecule is CCCCOCC(=O)NCC(C)(O)c1ccc(F)cc1F. The van der Waals surface area contributed by atoms with E-state index in [1.807, 2.05) is 6.92 Å². The molecule has 0 spiro atoms. The van der Waals surface area contributed by atoms with E-state index in [-0.39, 0.29) is 18.7 Å². The van der Waals surface area contributed by atoms with E-state index in [9.17, 15) is 18.7 Å². The Balaban J connectivity index is 2.50. The Morgan fingerprint density at radius 3 is 2.76 bits per heavy atom. The Hall–Kier alpha value is -1.53. The van der Waals surface area contributed by atoms with Gasteiger partial charge in [-0.1, -0.05) is 19.4 Å². The van der Waals surface area contributed by atoms with Crippen molar-refractivity contribution in [1.29, 1.82) is 0 Å². The number of carbonyl (C=O) groups is 1. The average Bonchev–Trinajstić information content (AvgIpc) is 2.41. The number of aliphatic hydroxyl groups is 1. The molecule has 2 N–H and O–H groups in total. The molecule has 118 valence electrons. The molecule has 0 heterocycles. The Kier molecular flexibility index (Phi) is 6.71. The summed E-state index contributed by atoms with van der Waals surface area (Å²) in [5, 5.41) is 12.7. The van der Waals surface area contributed by atoms with Gasteiger partial charge >= 0.3 is 0 Å². The largest absolute Gasteiger partial charge is 0.383 e. The smallest absolute Gasteiger partial charge is 0.246 e. The Morgan fingerprint density at radius 2 is 2.14 bits per heavy atom. The molecule has 0 aliphatic carbocycles. The van der Waals surface area contributed by atoms with Crippen molar-refractivity contribution in [3.63, 3.8) is 0 Å². The van der Waals surface area contributed by atoms with Crippen LogP contribution in [0.5, 0.6) is 0 Å². The molecule has 1 aromatic carbocycles. The maximum absolute atomic E-state index is 13.6. The normalized spacial score (nSPS) is 13.8. The molecule has 1 amide bonds. The molecule has 0 bridgehead atoms. The maximum Gasteiger partial charge on any atom is 0.246 e. The van der Waals surface area contributed by atoms with E-state index in [0.29, 0.717) is 12.7 Å². The van der Waals surface area contributed by atoms with Gasteiger partial charge in [0.25, 0.3) is 0 Å². The van der Waals surface area contributed by atoms with E-state index in [2.05, 4.69) is 5.32 Å². The van der Waals surface area contributed by atoms with Crippen molar-refractivity contribution >= 4 is 5.91 Å². The number of hydrogen-bond acceptors (Lipinski definition) is 3. The highest BCUT2D eigenvalue weighted by molar-refractivity contribution is 5.77. The second-order valence-corrected chi connectivity index (χ2v) is 5.08. The summed E-state index contributed by atoms with van der Waals surface area (Å²) in [6.07, 6.45) is 1.84. The van der Waals surface area contributed by atoms with Gasteiger partial charge in [-0.05, 0) is 19.4 Å². The molecule has 0 aliphatic heterocycles. The number of rotatable bonds is 8. The van der Waals surface area contributed by atoms with Crippen LogP contribution in [0.1, 0.15) is 32.3 Å². The van der Waals surface area contributed by atoms with E-state index in [1.165, 1.54) is 6.92 Å². The fourth-order valence-electron chi connectivity index (χ4n) is 1.75. The maximum atomic E-state index is 13.6. The fourth-order valence-corrected chi connectivity index (χ4v) is 1.75. The van der Waals surface area contributed by atoms with Gasteiger partial charge in [0.1, 0.15) is 23.8 Å². The Labute approximate surface area is 123 Å². The van der Waals surface area contributed by atoms with Crippen LogP contribution in [0.15, 0.2) is 18.2 Å². The lowest BCUT2D eigenvalue weighted by Gasteiger charge is -2.24. The zero-order chi connectivity index (χ0) is 15.9. The van der Waals surface area contributed by atoms with Gasteiger partial charge in [0.2, 0.25) is 5.91 Å². The van der Waals surface area contributed by atoms with Crippen LogP contribution in [0.2, 0.25) is 0 Å². The van der Waals surface area contributed by atoms with Gasteiger partial charge in [-0.15, -0.1) is 0 Å². The van der Waals surface area contributed by atoms with E-state index >= 15 is 0 Å². The van der Waals surface area contributed by atoms with Crippen LogP contribution < -0.4 is 5.32 Å². The monoisotopic (exact) mass is 301 g/mol. The van der Waals surface area contributed by atoms with Gasteiger partial charge in [-0.3, -0.25) is 4.79 Å². The number of carbonyl (C=O) groups excluding carboxylic acids is 1. The predicted molar refractivity (Wildman–Crippen MR) is 74.7 cm³/mol. The van der Waals surface area contributed by atoms with Crippen molar-refractivity contribution in [3.05, 3.63) is 35.4 Å². The summed E-state index contributed by atoms with van der Waals surface area (Å²) < 4.78 is 31.6. The summed E-state index contributed by atoms with van der Waals surface area (Å²) in [5.74, 6) is -1.97. The molecule has 0 aliphatic rings. The summed E-state index contributed by atoms with van der Waals surface area (Å²) >= 11 is 0. The first-order chi connectivity index (χ1) is 9.86. The van der Waals surface area contributed by atoms with Crippen LogP contribution in [-0.4, -0.2) is 30.8 Å². The van der Waals surface area contributed by atoms with Gasteiger partial charge in [0.15, 0.2) is 0 Å². The van der Waals surface area contributed by atoms with Crippen molar-refractivity contribution in [3.8, 4) is 0 Å². The van der Waals surface area contributed by atoms with E-state index in [4.69, 9.17) is 4.74 Å². The second-order valence-electron chi connectivity index (χ2n) is 5.08. The summed E-state index contributed by atoms with van der Waals surface area (Å²) in [7, 11) is 0. The highest BCUT2D eigenvalue weighted by Gasteiger charge is 2.27. The molecule has 6 heteroatoms. The minimum Gasteiger partial charge on any atom is -0.383 e. The number of ether oxygens (including phenoxy) is 1. The molecule has 0 fully saturated rings. The topological polar surface area (TPSA) is 58.6 Å². The summed E-state index contributed by atoms with van der Waals surface area (Å²) in [5.41, 5.74) is -1.70. The summed E-state index contributed by atoms with van der Waals surface area (Å²) in [6, 6.07) is 2.91. The molecule has 1 atom stereocenters. The minimum absolute atomic E-state index is 0.0731.